The molecule has 0 radical (unpaired) electrons. The maximum atomic E-state index is 5.64. The molecule has 2 atom stereocenters. The summed E-state index contributed by atoms with van der Waals surface area (Å²) in [6.45, 7) is 7.46. The molecule has 10 heavy (non-hydrogen) atoms. The van der Waals surface area contributed by atoms with Crippen LogP contribution in [0.1, 0.15) is 27.2 Å². The molecule has 0 heterocycles. The van der Waals surface area contributed by atoms with Gasteiger partial charge in [0.25, 0.3) is 0 Å². The molecule has 0 aromatic rings. The highest BCUT2D eigenvalue weighted by molar-refractivity contribution is 4.65. The molecule has 0 aromatic heterocycles. The van der Waals surface area contributed by atoms with E-state index in [1.54, 1.807) is 0 Å². The van der Waals surface area contributed by atoms with Crippen molar-refractivity contribution >= 4 is 0 Å². The van der Waals surface area contributed by atoms with Gasteiger partial charge < -0.3 is 10.6 Å². The van der Waals surface area contributed by atoms with Gasteiger partial charge in [0, 0.05) is 18.6 Å². The summed E-state index contributed by atoms with van der Waals surface area (Å²) in [6.07, 6.45) is 1.20. The Hall–Kier alpha value is -0.0800. The monoisotopic (exact) mass is 144 g/mol. The van der Waals surface area contributed by atoms with Crippen molar-refractivity contribution in [1.82, 2.24) is 4.90 Å². The Morgan fingerprint density at radius 2 is 1.90 bits per heavy atom. The SMILES string of the molecule is CCC(C)N(C)C[C@H](C)N. The van der Waals surface area contributed by atoms with Gasteiger partial charge in [-0.3, -0.25) is 0 Å². The second-order valence-electron chi connectivity index (χ2n) is 3.17. The molecule has 2 heteroatoms. The van der Waals surface area contributed by atoms with E-state index in [-0.39, 0.29) is 0 Å². The van der Waals surface area contributed by atoms with Crippen molar-refractivity contribution in [3.05, 3.63) is 0 Å². The first-order valence-electron chi connectivity index (χ1n) is 4.03. The molecule has 0 bridgehead atoms. The molecule has 0 aliphatic heterocycles. The maximum absolute atomic E-state index is 5.64. The molecule has 62 valence electrons. The fourth-order valence-corrected chi connectivity index (χ4v) is 0.946. The maximum Gasteiger partial charge on any atom is 0.0139 e. The fourth-order valence-electron chi connectivity index (χ4n) is 0.946. The van der Waals surface area contributed by atoms with Crippen LogP contribution in [0.5, 0.6) is 0 Å². The van der Waals surface area contributed by atoms with Gasteiger partial charge in [-0.05, 0) is 27.3 Å². The van der Waals surface area contributed by atoms with Gasteiger partial charge >= 0.3 is 0 Å². The van der Waals surface area contributed by atoms with Crippen LogP contribution < -0.4 is 5.73 Å². The predicted octanol–water partition coefficient (Wildman–Crippen LogP) is 1.06. The van der Waals surface area contributed by atoms with Crippen molar-refractivity contribution in [3.8, 4) is 0 Å². The van der Waals surface area contributed by atoms with E-state index in [1.165, 1.54) is 6.42 Å². The topological polar surface area (TPSA) is 29.3 Å². The van der Waals surface area contributed by atoms with Crippen LogP contribution in [0.4, 0.5) is 0 Å². The minimum absolute atomic E-state index is 0.291. The van der Waals surface area contributed by atoms with Gasteiger partial charge in [0.1, 0.15) is 0 Å². The minimum Gasteiger partial charge on any atom is -0.327 e. The van der Waals surface area contributed by atoms with Crippen LogP contribution in [0.3, 0.4) is 0 Å². The van der Waals surface area contributed by atoms with E-state index in [1.807, 2.05) is 6.92 Å². The number of rotatable bonds is 4. The lowest BCUT2D eigenvalue weighted by molar-refractivity contribution is 0.241. The highest BCUT2D eigenvalue weighted by Crippen LogP contribution is 1.99. The molecule has 2 nitrogen and oxygen atoms in total. The molecule has 0 saturated heterocycles. The first-order valence-corrected chi connectivity index (χ1v) is 4.03. The smallest absolute Gasteiger partial charge is 0.0139 e. The van der Waals surface area contributed by atoms with Crippen LogP contribution in [0.2, 0.25) is 0 Å². The largest absolute Gasteiger partial charge is 0.327 e. The van der Waals surface area contributed by atoms with Crippen molar-refractivity contribution in [2.24, 2.45) is 5.73 Å². The van der Waals surface area contributed by atoms with Crippen LogP contribution >= 0.6 is 0 Å². The van der Waals surface area contributed by atoms with Crippen molar-refractivity contribution in [3.63, 3.8) is 0 Å². The summed E-state index contributed by atoms with van der Waals surface area (Å²) < 4.78 is 0. The zero-order chi connectivity index (χ0) is 8.15. The third kappa shape index (κ3) is 3.85. The number of likely N-dealkylation sites (N-methyl/N-ethyl adjacent to an activating group) is 1. The first-order chi connectivity index (χ1) is 4.57. The van der Waals surface area contributed by atoms with Gasteiger partial charge in [0.2, 0.25) is 0 Å². The molecule has 2 N–H and O–H groups in total. The number of hydrogen-bond acceptors (Lipinski definition) is 2. The second-order valence-corrected chi connectivity index (χ2v) is 3.17. The van der Waals surface area contributed by atoms with Gasteiger partial charge in [-0.15, -0.1) is 0 Å². The van der Waals surface area contributed by atoms with E-state index in [2.05, 4.69) is 25.8 Å². The zero-order valence-corrected chi connectivity index (χ0v) is 7.59. The summed E-state index contributed by atoms with van der Waals surface area (Å²) in [7, 11) is 2.12. The van der Waals surface area contributed by atoms with Crippen molar-refractivity contribution in [2.75, 3.05) is 13.6 Å². The summed E-state index contributed by atoms with van der Waals surface area (Å²) in [5, 5.41) is 0. The average molecular weight is 144 g/mol. The molecular formula is C8H20N2. The Bertz CT molecular complexity index is 81.3. The molecule has 0 rings (SSSR count). The highest BCUT2D eigenvalue weighted by atomic mass is 15.1. The lowest BCUT2D eigenvalue weighted by atomic mass is 10.2. The molecular weight excluding hydrogens is 124 g/mol. The van der Waals surface area contributed by atoms with Gasteiger partial charge in [0.05, 0.1) is 0 Å². The average Bonchev–Trinajstić information content (AvgIpc) is 1.85. The van der Waals surface area contributed by atoms with Gasteiger partial charge in [-0.25, -0.2) is 0 Å². The quantitative estimate of drug-likeness (QED) is 0.639. The summed E-state index contributed by atoms with van der Waals surface area (Å²) >= 11 is 0. The Balaban J connectivity index is 3.50. The lowest BCUT2D eigenvalue weighted by Crippen LogP contribution is -2.37. The van der Waals surface area contributed by atoms with E-state index >= 15 is 0 Å². The van der Waals surface area contributed by atoms with Crippen LogP contribution in [-0.4, -0.2) is 30.6 Å². The molecule has 0 saturated carbocycles. The molecule has 0 spiro atoms. The van der Waals surface area contributed by atoms with Crippen LogP contribution in [-0.2, 0) is 0 Å². The lowest BCUT2D eigenvalue weighted by Gasteiger charge is -2.24. The molecule has 0 fully saturated rings. The van der Waals surface area contributed by atoms with E-state index < -0.39 is 0 Å². The predicted molar refractivity (Wildman–Crippen MR) is 46.0 cm³/mol. The Labute approximate surface area is 64.4 Å². The molecule has 0 aliphatic carbocycles. The zero-order valence-electron chi connectivity index (χ0n) is 7.59. The summed E-state index contributed by atoms with van der Waals surface area (Å²) in [4.78, 5) is 2.30. The Morgan fingerprint density at radius 1 is 1.40 bits per heavy atom. The Morgan fingerprint density at radius 3 is 2.20 bits per heavy atom. The van der Waals surface area contributed by atoms with Gasteiger partial charge in [-0.2, -0.15) is 0 Å². The number of hydrogen-bond donors (Lipinski definition) is 1. The number of nitrogens with zero attached hydrogens (tertiary/aromatic N) is 1. The van der Waals surface area contributed by atoms with E-state index in [9.17, 15) is 0 Å². The van der Waals surface area contributed by atoms with Crippen LogP contribution in [0, 0.1) is 0 Å². The standard InChI is InChI=1S/C8H20N2/c1-5-8(3)10(4)6-7(2)9/h7-8H,5-6,9H2,1-4H3/t7-,8?/m0/s1. The van der Waals surface area contributed by atoms with Crippen molar-refractivity contribution in [1.29, 1.82) is 0 Å². The molecule has 0 aliphatic rings. The first kappa shape index (κ1) is 9.92. The normalized spacial score (nSPS) is 17.4. The second kappa shape index (κ2) is 4.69. The van der Waals surface area contributed by atoms with E-state index in [0.29, 0.717) is 12.1 Å². The molecule has 0 amide bonds. The van der Waals surface area contributed by atoms with Crippen molar-refractivity contribution < 1.29 is 0 Å². The van der Waals surface area contributed by atoms with Crippen LogP contribution in [0.15, 0.2) is 0 Å². The van der Waals surface area contributed by atoms with E-state index in [4.69, 9.17) is 5.73 Å². The minimum atomic E-state index is 0.291. The summed E-state index contributed by atoms with van der Waals surface area (Å²) in [6, 6.07) is 0.949. The third-order valence-corrected chi connectivity index (χ3v) is 1.92. The fraction of sp³-hybridized carbons (Fsp3) is 1.00. The summed E-state index contributed by atoms with van der Waals surface area (Å²) in [5.74, 6) is 0. The van der Waals surface area contributed by atoms with Gasteiger partial charge in [0.15, 0.2) is 0 Å². The summed E-state index contributed by atoms with van der Waals surface area (Å²) in [5.41, 5.74) is 5.64. The Kier molecular flexibility index (Phi) is 4.65. The van der Waals surface area contributed by atoms with Gasteiger partial charge in [-0.1, -0.05) is 6.92 Å². The molecule has 0 aromatic carbocycles. The van der Waals surface area contributed by atoms with Crippen molar-refractivity contribution in [2.45, 2.75) is 39.3 Å². The number of nitrogens with two attached hydrogens (primary N) is 1. The molecule has 1 unspecified atom stereocenters. The highest BCUT2D eigenvalue weighted by Gasteiger charge is 2.07. The van der Waals surface area contributed by atoms with E-state index in [0.717, 1.165) is 6.54 Å². The third-order valence-electron chi connectivity index (χ3n) is 1.92. The van der Waals surface area contributed by atoms with Crippen LogP contribution in [0.25, 0.3) is 0 Å².